The topological polar surface area (TPSA) is 87.0 Å². The van der Waals surface area contributed by atoms with Crippen LogP contribution in [0.2, 0.25) is 5.02 Å². The third-order valence-corrected chi connectivity index (χ3v) is 6.77. The Morgan fingerprint density at radius 1 is 1.21 bits per heavy atom. The van der Waals surface area contributed by atoms with Gasteiger partial charge in [-0.1, -0.05) is 22.9 Å². The van der Waals surface area contributed by atoms with Crippen LogP contribution >= 0.6 is 22.9 Å². The molecule has 7 nitrogen and oxygen atoms in total. The maximum absolute atomic E-state index is 12.8. The lowest BCUT2D eigenvalue weighted by Crippen LogP contribution is -2.20. The molecule has 10 heteroatoms. The van der Waals surface area contributed by atoms with Crippen LogP contribution in [0.4, 0.5) is 0 Å². The van der Waals surface area contributed by atoms with E-state index in [1.807, 2.05) is 6.92 Å². The molecule has 29 heavy (non-hydrogen) atoms. The Kier molecular flexibility index (Phi) is 6.74. The Balaban J connectivity index is 2.15. The number of carbonyl (C=O) groups excluding carboxylic acids is 1. The Morgan fingerprint density at radius 2 is 1.93 bits per heavy atom. The molecule has 0 bridgehead atoms. The van der Waals surface area contributed by atoms with Gasteiger partial charge in [-0.05, 0) is 49.4 Å². The molecule has 0 N–H and O–H groups in total. The smallest absolute Gasteiger partial charge is 0.337 e. The van der Waals surface area contributed by atoms with Crippen LogP contribution in [-0.4, -0.2) is 39.3 Å². The molecule has 0 atom stereocenters. The van der Waals surface area contributed by atoms with Crippen LogP contribution in [0.25, 0.3) is 10.2 Å². The van der Waals surface area contributed by atoms with Crippen molar-refractivity contribution in [3.63, 3.8) is 0 Å². The summed E-state index contributed by atoms with van der Waals surface area (Å²) in [6, 6.07) is 10.9. The summed E-state index contributed by atoms with van der Waals surface area (Å²) in [5, 5.41) is 0.438. The Hall–Kier alpha value is -2.20. The van der Waals surface area contributed by atoms with Gasteiger partial charge in [0.15, 0.2) is 0 Å². The molecule has 0 saturated carbocycles. The van der Waals surface area contributed by atoms with Crippen LogP contribution in [-0.2, 0) is 26.0 Å². The lowest BCUT2D eigenvalue weighted by atomic mass is 10.2. The summed E-state index contributed by atoms with van der Waals surface area (Å²) in [7, 11) is -2.63. The zero-order chi connectivity index (χ0) is 21.0. The molecule has 1 aromatic heterocycles. The maximum Gasteiger partial charge on any atom is 0.337 e. The van der Waals surface area contributed by atoms with Crippen molar-refractivity contribution in [3.8, 4) is 0 Å². The number of thiazole rings is 1. The first-order valence-corrected chi connectivity index (χ1v) is 11.3. The highest BCUT2D eigenvalue weighted by molar-refractivity contribution is 7.90. The van der Waals surface area contributed by atoms with Crippen molar-refractivity contribution >= 4 is 49.1 Å². The van der Waals surface area contributed by atoms with Crippen molar-refractivity contribution in [1.82, 2.24) is 4.57 Å². The van der Waals surface area contributed by atoms with E-state index < -0.39 is 16.0 Å². The van der Waals surface area contributed by atoms with Gasteiger partial charge in [-0.2, -0.15) is 8.42 Å². The van der Waals surface area contributed by atoms with Gasteiger partial charge in [0.25, 0.3) is 10.0 Å². The number of esters is 1. The summed E-state index contributed by atoms with van der Waals surface area (Å²) < 4.78 is 42.2. The fraction of sp³-hybridized carbons (Fsp3) is 0.263. The van der Waals surface area contributed by atoms with Crippen LogP contribution in [0.1, 0.15) is 17.3 Å². The van der Waals surface area contributed by atoms with E-state index >= 15 is 0 Å². The van der Waals surface area contributed by atoms with Crippen LogP contribution < -0.4 is 4.80 Å². The fourth-order valence-corrected chi connectivity index (χ4v) is 5.09. The number of aromatic nitrogens is 1. The van der Waals surface area contributed by atoms with Crippen molar-refractivity contribution in [2.75, 3.05) is 20.3 Å². The summed E-state index contributed by atoms with van der Waals surface area (Å²) in [5.41, 5.74) is 1.14. The van der Waals surface area contributed by atoms with Crippen molar-refractivity contribution in [2.45, 2.75) is 18.4 Å². The molecule has 3 aromatic rings. The van der Waals surface area contributed by atoms with Crippen molar-refractivity contribution in [2.24, 2.45) is 4.40 Å². The molecule has 0 amide bonds. The second kappa shape index (κ2) is 9.08. The van der Waals surface area contributed by atoms with Crippen LogP contribution in [0.15, 0.2) is 51.8 Å². The van der Waals surface area contributed by atoms with Crippen molar-refractivity contribution in [3.05, 3.63) is 57.9 Å². The number of benzene rings is 2. The van der Waals surface area contributed by atoms with E-state index in [9.17, 15) is 13.2 Å². The quantitative estimate of drug-likeness (QED) is 0.403. The van der Waals surface area contributed by atoms with Gasteiger partial charge in [-0.15, -0.1) is 4.40 Å². The first-order chi connectivity index (χ1) is 13.9. The van der Waals surface area contributed by atoms with Crippen molar-refractivity contribution < 1.29 is 22.7 Å². The minimum absolute atomic E-state index is 0.0472. The third-order valence-electron chi connectivity index (χ3n) is 4.08. The van der Waals surface area contributed by atoms with Crippen LogP contribution in [0.5, 0.6) is 0 Å². The number of methoxy groups -OCH3 is 1. The summed E-state index contributed by atoms with van der Waals surface area (Å²) in [4.78, 5) is 12.2. The number of carbonyl (C=O) groups is 1. The number of rotatable bonds is 7. The van der Waals surface area contributed by atoms with Gasteiger partial charge in [-0.3, -0.25) is 0 Å². The van der Waals surface area contributed by atoms with E-state index in [2.05, 4.69) is 4.40 Å². The lowest BCUT2D eigenvalue weighted by molar-refractivity contribution is 0.0601. The Morgan fingerprint density at radius 3 is 2.59 bits per heavy atom. The molecule has 0 spiro atoms. The number of nitrogens with zero attached hydrogens (tertiary/aromatic N) is 2. The van der Waals surface area contributed by atoms with E-state index in [0.29, 0.717) is 30.3 Å². The van der Waals surface area contributed by atoms with Gasteiger partial charge in [0.1, 0.15) is 0 Å². The molecular formula is C19H19ClN2O5S2. The molecule has 0 aliphatic rings. The van der Waals surface area contributed by atoms with Gasteiger partial charge in [0.05, 0.1) is 34.4 Å². The lowest BCUT2D eigenvalue weighted by Gasteiger charge is -2.06. The van der Waals surface area contributed by atoms with Gasteiger partial charge in [-0.25, -0.2) is 4.79 Å². The number of halogens is 1. The largest absolute Gasteiger partial charge is 0.465 e. The number of sulfonamides is 1. The second-order valence-electron chi connectivity index (χ2n) is 5.93. The van der Waals surface area contributed by atoms with E-state index in [1.54, 1.807) is 22.8 Å². The number of hydrogen-bond acceptors (Lipinski definition) is 6. The SMILES string of the molecule is CCOCCn1c(=NS(=O)(=O)c2ccc(Cl)cc2)sc2cc(C(=O)OC)ccc21. The molecule has 0 saturated heterocycles. The first kappa shape index (κ1) is 21.5. The fourth-order valence-electron chi connectivity index (χ4n) is 2.67. The maximum atomic E-state index is 12.8. The highest BCUT2D eigenvalue weighted by atomic mass is 35.5. The van der Waals surface area contributed by atoms with E-state index in [-0.39, 0.29) is 9.70 Å². The van der Waals surface area contributed by atoms with Gasteiger partial charge in [0.2, 0.25) is 4.80 Å². The third kappa shape index (κ3) is 4.87. The van der Waals surface area contributed by atoms with E-state index in [4.69, 9.17) is 21.1 Å². The number of fused-ring (bicyclic) bond motifs is 1. The molecule has 0 aliphatic carbocycles. The summed E-state index contributed by atoms with van der Waals surface area (Å²) in [6.07, 6.45) is 0. The number of hydrogen-bond donors (Lipinski definition) is 0. The molecule has 154 valence electrons. The van der Waals surface area contributed by atoms with E-state index in [1.165, 1.54) is 42.7 Å². The molecule has 0 radical (unpaired) electrons. The standard InChI is InChI=1S/C19H19ClN2O5S2/c1-3-27-11-10-22-16-9-4-13(18(23)26-2)12-17(16)28-19(22)21-29(24,25)15-7-5-14(20)6-8-15/h4-9,12H,3,10-11H2,1-2H3. The Labute approximate surface area is 177 Å². The highest BCUT2D eigenvalue weighted by Gasteiger charge is 2.16. The van der Waals surface area contributed by atoms with Gasteiger partial charge < -0.3 is 14.0 Å². The van der Waals surface area contributed by atoms with E-state index in [0.717, 1.165) is 10.2 Å². The van der Waals surface area contributed by atoms with Gasteiger partial charge in [0, 0.05) is 18.2 Å². The predicted molar refractivity (Wildman–Crippen MR) is 112 cm³/mol. The van der Waals surface area contributed by atoms with Crippen LogP contribution in [0, 0.1) is 0 Å². The highest BCUT2D eigenvalue weighted by Crippen LogP contribution is 2.21. The van der Waals surface area contributed by atoms with Gasteiger partial charge >= 0.3 is 5.97 Å². The molecule has 3 rings (SSSR count). The summed E-state index contributed by atoms with van der Waals surface area (Å²) in [5.74, 6) is -0.464. The second-order valence-corrected chi connectivity index (χ2v) is 8.98. The normalized spacial score (nSPS) is 12.4. The average Bonchev–Trinajstić information content (AvgIpc) is 3.03. The number of ether oxygens (including phenoxy) is 2. The Bertz CT molecular complexity index is 1200. The summed E-state index contributed by atoms with van der Waals surface area (Å²) >= 11 is 7.02. The summed E-state index contributed by atoms with van der Waals surface area (Å²) in [6.45, 7) is 3.25. The molecule has 0 fully saturated rings. The molecule has 0 aliphatic heterocycles. The van der Waals surface area contributed by atoms with Crippen molar-refractivity contribution in [1.29, 1.82) is 0 Å². The average molecular weight is 455 g/mol. The molecular weight excluding hydrogens is 436 g/mol. The zero-order valence-corrected chi connectivity index (χ0v) is 18.2. The predicted octanol–water partition coefficient (Wildman–Crippen LogP) is 3.47. The molecule has 0 unspecified atom stereocenters. The minimum Gasteiger partial charge on any atom is -0.465 e. The first-order valence-electron chi connectivity index (χ1n) is 8.71. The monoisotopic (exact) mass is 454 g/mol. The van der Waals surface area contributed by atoms with Crippen LogP contribution in [0.3, 0.4) is 0 Å². The minimum atomic E-state index is -3.94. The zero-order valence-electron chi connectivity index (χ0n) is 15.8. The molecule has 2 aromatic carbocycles. The molecule has 1 heterocycles.